The normalized spacial score (nSPS) is 16.5. The first kappa shape index (κ1) is 14.9. The average Bonchev–Trinajstić information content (AvgIpc) is 2.59. The Morgan fingerprint density at radius 1 is 1.27 bits per heavy atom. The van der Waals surface area contributed by atoms with Crippen molar-refractivity contribution in [2.24, 2.45) is 5.92 Å². The van der Waals surface area contributed by atoms with Crippen LogP contribution in [0.4, 0.5) is 0 Å². The predicted octanol–water partition coefficient (Wildman–Crippen LogP) is 2.54. The van der Waals surface area contributed by atoms with Crippen molar-refractivity contribution in [2.45, 2.75) is 11.4 Å². The molecule has 0 radical (unpaired) electrons. The summed E-state index contributed by atoms with van der Waals surface area (Å²) in [5.74, 6) is 1.68. The van der Waals surface area contributed by atoms with Crippen LogP contribution in [0.1, 0.15) is 5.56 Å². The third-order valence-corrected chi connectivity index (χ3v) is 4.48. The minimum absolute atomic E-state index is 0.0659. The highest BCUT2D eigenvalue weighted by Gasteiger charge is 2.25. The van der Waals surface area contributed by atoms with Crippen LogP contribution in [0, 0.1) is 5.92 Å². The number of amides is 1. The molecule has 3 rings (SSSR count). The third-order valence-electron chi connectivity index (χ3n) is 3.54. The number of aromatic nitrogens is 1. The lowest BCUT2D eigenvalue weighted by Gasteiger charge is -2.24. The van der Waals surface area contributed by atoms with E-state index in [9.17, 15) is 4.79 Å². The Kier molecular flexibility index (Phi) is 4.96. The second-order valence-corrected chi connectivity index (χ2v) is 6.24. The smallest absolute Gasteiger partial charge is 0.226 e. The van der Waals surface area contributed by atoms with Crippen LogP contribution in [0.15, 0.2) is 53.7 Å². The number of pyridine rings is 1. The van der Waals surface area contributed by atoms with Gasteiger partial charge in [-0.1, -0.05) is 24.3 Å². The summed E-state index contributed by atoms with van der Waals surface area (Å²) in [6, 6.07) is 13.7. The van der Waals surface area contributed by atoms with Crippen LogP contribution in [-0.4, -0.2) is 29.8 Å². The third kappa shape index (κ3) is 3.80. The zero-order chi connectivity index (χ0) is 15.2. The molecule has 0 bridgehead atoms. The molecule has 1 N–H and O–H groups in total. The Balaban J connectivity index is 1.43. The van der Waals surface area contributed by atoms with Crippen LogP contribution >= 0.6 is 11.8 Å². The van der Waals surface area contributed by atoms with Gasteiger partial charge in [-0.15, -0.1) is 11.8 Å². The number of carbonyl (C=O) groups is 1. The molecule has 1 aliphatic heterocycles. The number of nitrogens with zero attached hydrogens (tertiary/aromatic N) is 1. The molecule has 1 amide bonds. The molecule has 2 aromatic rings. The van der Waals surface area contributed by atoms with Crippen molar-refractivity contribution >= 4 is 17.7 Å². The van der Waals surface area contributed by atoms with Crippen molar-refractivity contribution in [3.63, 3.8) is 0 Å². The lowest BCUT2D eigenvalue weighted by molar-refractivity contribution is -0.126. The number of benzene rings is 1. The molecule has 0 aliphatic carbocycles. The SMILES string of the molecule is O=C(NCCSc1ccccn1)C1COc2ccccc2C1. The fraction of sp³-hybridized carbons (Fsp3) is 0.294. The van der Waals surface area contributed by atoms with E-state index >= 15 is 0 Å². The summed E-state index contributed by atoms with van der Waals surface area (Å²) in [7, 11) is 0. The van der Waals surface area contributed by atoms with Gasteiger partial charge >= 0.3 is 0 Å². The van der Waals surface area contributed by atoms with E-state index in [4.69, 9.17) is 4.74 Å². The number of rotatable bonds is 5. The molecular formula is C17H18N2O2S. The van der Waals surface area contributed by atoms with Gasteiger partial charge in [0.05, 0.1) is 10.9 Å². The van der Waals surface area contributed by atoms with Gasteiger partial charge in [0.15, 0.2) is 0 Å². The standard InChI is InChI=1S/C17H18N2O2S/c20-17(19-9-10-22-16-7-3-4-8-18-16)14-11-13-5-1-2-6-15(13)21-12-14/h1-8,14H,9-12H2,(H,19,20). The van der Waals surface area contributed by atoms with Gasteiger partial charge in [-0.25, -0.2) is 4.98 Å². The van der Waals surface area contributed by atoms with E-state index in [1.54, 1.807) is 18.0 Å². The molecule has 0 spiro atoms. The molecule has 22 heavy (non-hydrogen) atoms. The highest BCUT2D eigenvalue weighted by atomic mass is 32.2. The molecule has 0 saturated carbocycles. The van der Waals surface area contributed by atoms with E-state index in [2.05, 4.69) is 10.3 Å². The summed E-state index contributed by atoms with van der Waals surface area (Å²) in [6.45, 7) is 1.09. The van der Waals surface area contributed by atoms with Gasteiger partial charge in [-0.05, 0) is 30.2 Å². The minimum Gasteiger partial charge on any atom is -0.492 e. The monoisotopic (exact) mass is 314 g/mol. The Bertz CT molecular complexity index is 634. The first-order valence-corrected chi connectivity index (χ1v) is 8.34. The van der Waals surface area contributed by atoms with Gasteiger partial charge in [0, 0.05) is 18.5 Å². The van der Waals surface area contributed by atoms with Gasteiger partial charge in [0.2, 0.25) is 5.91 Å². The van der Waals surface area contributed by atoms with E-state index in [1.165, 1.54) is 0 Å². The highest BCUT2D eigenvalue weighted by molar-refractivity contribution is 7.99. The zero-order valence-electron chi connectivity index (χ0n) is 12.2. The van der Waals surface area contributed by atoms with Gasteiger partial charge in [0.25, 0.3) is 0 Å². The van der Waals surface area contributed by atoms with Crippen LogP contribution < -0.4 is 10.1 Å². The average molecular weight is 314 g/mol. The maximum atomic E-state index is 12.2. The van der Waals surface area contributed by atoms with E-state index in [-0.39, 0.29) is 11.8 Å². The summed E-state index contributed by atoms with van der Waals surface area (Å²) < 4.78 is 5.66. The molecule has 2 heterocycles. The molecule has 1 unspecified atom stereocenters. The molecule has 5 heteroatoms. The number of nitrogens with one attached hydrogen (secondary N) is 1. The topological polar surface area (TPSA) is 51.2 Å². The summed E-state index contributed by atoms with van der Waals surface area (Å²) >= 11 is 1.64. The molecular weight excluding hydrogens is 296 g/mol. The first-order valence-electron chi connectivity index (χ1n) is 7.35. The molecule has 0 fully saturated rings. The lowest BCUT2D eigenvalue weighted by atomic mass is 9.96. The number of carbonyl (C=O) groups excluding carboxylic acids is 1. The van der Waals surface area contributed by atoms with E-state index in [1.807, 2.05) is 42.5 Å². The van der Waals surface area contributed by atoms with Gasteiger partial charge in [-0.2, -0.15) is 0 Å². The number of hydrogen-bond donors (Lipinski definition) is 1. The van der Waals surface area contributed by atoms with Crippen LogP contribution in [0.2, 0.25) is 0 Å². The van der Waals surface area contributed by atoms with Crippen LogP contribution in [0.3, 0.4) is 0 Å². The predicted molar refractivity (Wildman–Crippen MR) is 87.1 cm³/mol. The highest BCUT2D eigenvalue weighted by Crippen LogP contribution is 2.26. The summed E-state index contributed by atoms with van der Waals surface area (Å²) in [5.41, 5.74) is 1.11. The maximum absolute atomic E-state index is 12.2. The number of para-hydroxylation sites is 1. The largest absolute Gasteiger partial charge is 0.492 e. The number of hydrogen-bond acceptors (Lipinski definition) is 4. The summed E-state index contributed by atoms with van der Waals surface area (Å²) in [5, 5.41) is 3.96. The van der Waals surface area contributed by atoms with E-state index in [0.29, 0.717) is 13.2 Å². The van der Waals surface area contributed by atoms with Crippen molar-refractivity contribution in [2.75, 3.05) is 18.9 Å². The molecule has 1 aromatic heterocycles. The molecule has 1 aromatic carbocycles. The van der Waals surface area contributed by atoms with Gasteiger partial charge in [0.1, 0.15) is 12.4 Å². The molecule has 1 atom stereocenters. The van der Waals surface area contributed by atoms with Crippen molar-refractivity contribution < 1.29 is 9.53 Å². The zero-order valence-corrected chi connectivity index (χ0v) is 13.0. The van der Waals surface area contributed by atoms with Crippen molar-refractivity contribution in [1.29, 1.82) is 0 Å². The Labute approximate surface area is 134 Å². The van der Waals surface area contributed by atoms with Crippen molar-refractivity contribution in [3.05, 3.63) is 54.2 Å². The van der Waals surface area contributed by atoms with E-state index < -0.39 is 0 Å². The summed E-state index contributed by atoms with van der Waals surface area (Å²) in [4.78, 5) is 16.4. The van der Waals surface area contributed by atoms with Crippen LogP contribution in [0.25, 0.3) is 0 Å². The quantitative estimate of drug-likeness (QED) is 0.681. The minimum atomic E-state index is -0.102. The number of thioether (sulfide) groups is 1. The van der Waals surface area contributed by atoms with Crippen molar-refractivity contribution in [3.8, 4) is 5.75 Å². The van der Waals surface area contributed by atoms with Gasteiger partial charge in [-0.3, -0.25) is 4.79 Å². The number of fused-ring (bicyclic) bond motifs is 1. The second-order valence-electron chi connectivity index (χ2n) is 5.13. The first-order chi connectivity index (χ1) is 10.8. The number of ether oxygens (including phenoxy) is 1. The van der Waals surface area contributed by atoms with Crippen LogP contribution in [-0.2, 0) is 11.2 Å². The second kappa shape index (κ2) is 7.31. The molecule has 0 saturated heterocycles. The van der Waals surface area contributed by atoms with Crippen LogP contribution in [0.5, 0.6) is 5.75 Å². The van der Waals surface area contributed by atoms with Gasteiger partial charge < -0.3 is 10.1 Å². The Morgan fingerprint density at radius 2 is 2.14 bits per heavy atom. The summed E-state index contributed by atoms with van der Waals surface area (Å²) in [6.07, 6.45) is 2.52. The fourth-order valence-corrected chi connectivity index (χ4v) is 3.13. The van der Waals surface area contributed by atoms with E-state index in [0.717, 1.165) is 28.5 Å². The lowest BCUT2D eigenvalue weighted by Crippen LogP contribution is -2.38. The Morgan fingerprint density at radius 3 is 3.00 bits per heavy atom. The maximum Gasteiger partial charge on any atom is 0.226 e. The fourth-order valence-electron chi connectivity index (χ4n) is 2.40. The molecule has 4 nitrogen and oxygen atoms in total. The Hall–Kier alpha value is -2.01. The van der Waals surface area contributed by atoms with Crippen molar-refractivity contribution in [1.82, 2.24) is 10.3 Å². The molecule has 1 aliphatic rings. The molecule has 114 valence electrons.